The van der Waals surface area contributed by atoms with Crippen LogP contribution < -0.4 is 10.6 Å². The average molecular weight is 340 g/mol. The minimum absolute atomic E-state index is 0.00975. The van der Waals surface area contributed by atoms with Gasteiger partial charge in [-0.05, 0) is 67.8 Å². The number of fused-ring (bicyclic) bond motifs is 2. The Bertz CT molecular complexity index is 730. The van der Waals surface area contributed by atoms with Crippen molar-refractivity contribution in [1.82, 2.24) is 10.6 Å². The van der Waals surface area contributed by atoms with Crippen LogP contribution in [0.15, 0.2) is 58.3 Å². The molecule has 5 heteroatoms. The normalized spacial score (nSPS) is 24.9. The van der Waals surface area contributed by atoms with Crippen LogP contribution in [0.3, 0.4) is 0 Å². The van der Waals surface area contributed by atoms with E-state index in [2.05, 4.69) is 10.6 Å². The van der Waals surface area contributed by atoms with Crippen LogP contribution in [0.25, 0.3) is 0 Å². The van der Waals surface area contributed by atoms with Crippen molar-refractivity contribution in [2.24, 2.45) is 0 Å². The Kier molecular flexibility index (Phi) is 4.21. The van der Waals surface area contributed by atoms with Crippen LogP contribution in [0.2, 0.25) is 0 Å². The van der Waals surface area contributed by atoms with Gasteiger partial charge in [-0.2, -0.15) is 0 Å². The van der Waals surface area contributed by atoms with Gasteiger partial charge in [0.1, 0.15) is 5.75 Å². The molecule has 0 aliphatic carbocycles. The van der Waals surface area contributed by atoms with Crippen molar-refractivity contribution in [3.8, 4) is 5.75 Å². The fourth-order valence-electron chi connectivity index (χ4n) is 3.56. The minimum Gasteiger partial charge on any atom is -0.508 e. The molecule has 2 aromatic carbocycles. The number of rotatable bonds is 4. The molecule has 3 N–H and O–H groups in total. The molecular weight excluding hydrogens is 320 g/mol. The van der Waals surface area contributed by atoms with Crippen molar-refractivity contribution in [3.05, 3.63) is 54.1 Å². The van der Waals surface area contributed by atoms with Gasteiger partial charge >= 0.3 is 0 Å². The number of hydrogen-bond acceptors (Lipinski definition) is 4. The van der Waals surface area contributed by atoms with Gasteiger partial charge < -0.3 is 15.7 Å². The van der Waals surface area contributed by atoms with E-state index in [0.29, 0.717) is 17.6 Å². The maximum Gasteiger partial charge on any atom is 0.251 e. The highest BCUT2D eigenvalue weighted by atomic mass is 32.2. The van der Waals surface area contributed by atoms with E-state index in [0.717, 1.165) is 22.6 Å². The molecule has 0 aromatic heterocycles. The summed E-state index contributed by atoms with van der Waals surface area (Å²) in [5.41, 5.74) is 0.702. The maximum absolute atomic E-state index is 12.4. The van der Waals surface area contributed by atoms with Crippen molar-refractivity contribution >= 4 is 17.7 Å². The smallest absolute Gasteiger partial charge is 0.251 e. The summed E-state index contributed by atoms with van der Waals surface area (Å²) in [6.45, 7) is 0. The summed E-state index contributed by atoms with van der Waals surface area (Å²) < 4.78 is 0. The van der Waals surface area contributed by atoms with Gasteiger partial charge in [-0.15, -0.1) is 0 Å². The third-order valence-electron chi connectivity index (χ3n) is 4.81. The largest absolute Gasteiger partial charge is 0.508 e. The highest BCUT2D eigenvalue weighted by Gasteiger charge is 2.39. The van der Waals surface area contributed by atoms with Crippen LogP contribution in [0, 0.1) is 0 Å². The summed E-state index contributed by atoms with van der Waals surface area (Å²) in [4.78, 5) is 14.5. The van der Waals surface area contributed by atoms with Crippen molar-refractivity contribution in [3.63, 3.8) is 0 Å². The number of phenols is 1. The predicted octanol–water partition coefficient (Wildman–Crippen LogP) is 3.17. The zero-order valence-corrected chi connectivity index (χ0v) is 14.1. The van der Waals surface area contributed by atoms with E-state index in [4.69, 9.17) is 0 Å². The Balaban J connectivity index is 1.38. The Labute approximate surface area is 145 Å². The SMILES string of the molecule is O=C(NC1CC2CCC1N2)c1ccc(Sc2ccc(O)cc2)cc1. The van der Waals surface area contributed by atoms with Gasteiger partial charge in [-0.3, -0.25) is 4.79 Å². The van der Waals surface area contributed by atoms with Crippen molar-refractivity contribution in [2.45, 2.75) is 47.2 Å². The molecule has 2 aliphatic heterocycles. The van der Waals surface area contributed by atoms with Crippen LogP contribution in [-0.2, 0) is 0 Å². The molecule has 24 heavy (non-hydrogen) atoms. The fourth-order valence-corrected chi connectivity index (χ4v) is 4.38. The topological polar surface area (TPSA) is 61.4 Å². The number of hydrogen-bond donors (Lipinski definition) is 3. The van der Waals surface area contributed by atoms with Crippen molar-refractivity contribution in [2.75, 3.05) is 0 Å². The number of aromatic hydroxyl groups is 1. The maximum atomic E-state index is 12.4. The molecule has 0 radical (unpaired) electrons. The first-order chi connectivity index (χ1) is 11.7. The summed E-state index contributed by atoms with van der Waals surface area (Å²) >= 11 is 1.61. The van der Waals surface area contributed by atoms with Crippen LogP contribution in [0.4, 0.5) is 0 Å². The van der Waals surface area contributed by atoms with Crippen LogP contribution in [0.5, 0.6) is 5.75 Å². The number of benzene rings is 2. The Morgan fingerprint density at radius 2 is 1.71 bits per heavy atom. The van der Waals surface area contributed by atoms with Crippen LogP contribution >= 0.6 is 11.8 Å². The van der Waals surface area contributed by atoms with Gasteiger partial charge in [0.15, 0.2) is 0 Å². The summed E-state index contributed by atoms with van der Waals surface area (Å²) in [6.07, 6.45) is 3.45. The first-order valence-electron chi connectivity index (χ1n) is 8.31. The number of phenolic OH excluding ortho intramolecular Hbond substituents is 1. The van der Waals surface area contributed by atoms with Gasteiger partial charge in [0.25, 0.3) is 5.91 Å². The molecule has 0 spiro atoms. The highest BCUT2D eigenvalue weighted by Crippen LogP contribution is 2.30. The van der Waals surface area contributed by atoms with E-state index in [-0.39, 0.29) is 17.7 Å². The molecule has 124 valence electrons. The van der Waals surface area contributed by atoms with E-state index in [9.17, 15) is 9.90 Å². The zero-order valence-electron chi connectivity index (χ0n) is 13.2. The lowest BCUT2D eigenvalue weighted by atomic mass is 9.95. The Hall–Kier alpha value is -1.98. The van der Waals surface area contributed by atoms with E-state index in [1.165, 1.54) is 6.42 Å². The number of carbonyl (C=O) groups is 1. The molecule has 2 heterocycles. The van der Waals surface area contributed by atoms with E-state index in [1.807, 2.05) is 36.4 Å². The second-order valence-electron chi connectivity index (χ2n) is 6.48. The molecule has 0 saturated carbocycles. The molecule has 1 amide bonds. The Morgan fingerprint density at radius 1 is 1.04 bits per heavy atom. The van der Waals surface area contributed by atoms with Gasteiger partial charge in [0, 0.05) is 33.5 Å². The minimum atomic E-state index is 0.00975. The number of nitrogens with one attached hydrogen (secondary N) is 2. The van der Waals surface area contributed by atoms with Crippen LogP contribution in [0.1, 0.15) is 29.6 Å². The summed E-state index contributed by atoms with van der Waals surface area (Å²) in [7, 11) is 0. The molecule has 4 rings (SSSR count). The second kappa shape index (κ2) is 6.49. The molecule has 2 fully saturated rings. The lowest BCUT2D eigenvalue weighted by molar-refractivity contribution is 0.0931. The molecule has 2 aromatic rings. The second-order valence-corrected chi connectivity index (χ2v) is 7.63. The lowest BCUT2D eigenvalue weighted by Crippen LogP contribution is -2.42. The molecular formula is C19H20N2O2S. The predicted molar refractivity (Wildman–Crippen MR) is 94.5 cm³/mol. The third-order valence-corrected chi connectivity index (χ3v) is 5.82. The number of carbonyl (C=O) groups excluding carboxylic acids is 1. The summed E-state index contributed by atoms with van der Waals surface area (Å²) in [5.74, 6) is 0.275. The van der Waals surface area contributed by atoms with Crippen molar-refractivity contribution in [1.29, 1.82) is 0 Å². The zero-order chi connectivity index (χ0) is 16.5. The molecule has 2 aliphatic rings. The van der Waals surface area contributed by atoms with E-state index < -0.39 is 0 Å². The summed E-state index contributed by atoms with van der Waals surface area (Å²) in [5, 5.41) is 16.0. The molecule has 2 saturated heterocycles. The molecule has 3 unspecified atom stereocenters. The molecule has 2 bridgehead atoms. The Morgan fingerprint density at radius 3 is 2.29 bits per heavy atom. The van der Waals surface area contributed by atoms with Gasteiger partial charge in [0.05, 0.1) is 0 Å². The van der Waals surface area contributed by atoms with E-state index in [1.54, 1.807) is 23.9 Å². The van der Waals surface area contributed by atoms with E-state index >= 15 is 0 Å². The van der Waals surface area contributed by atoms with Crippen LogP contribution in [-0.4, -0.2) is 29.1 Å². The average Bonchev–Trinajstić information content (AvgIpc) is 3.20. The van der Waals surface area contributed by atoms with Gasteiger partial charge in [-0.25, -0.2) is 0 Å². The van der Waals surface area contributed by atoms with Gasteiger partial charge in [0.2, 0.25) is 0 Å². The summed E-state index contributed by atoms with van der Waals surface area (Å²) in [6, 6.07) is 16.1. The lowest BCUT2D eigenvalue weighted by Gasteiger charge is -2.21. The number of amides is 1. The van der Waals surface area contributed by atoms with Crippen molar-refractivity contribution < 1.29 is 9.90 Å². The quantitative estimate of drug-likeness (QED) is 0.800. The monoisotopic (exact) mass is 340 g/mol. The highest BCUT2D eigenvalue weighted by molar-refractivity contribution is 7.99. The van der Waals surface area contributed by atoms with Gasteiger partial charge in [-0.1, -0.05) is 11.8 Å². The first kappa shape index (κ1) is 15.5. The fraction of sp³-hybridized carbons (Fsp3) is 0.316. The third kappa shape index (κ3) is 3.28. The first-order valence-corrected chi connectivity index (χ1v) is 9.13. The molecule has 3 atom stereocenters. The molecule has 4 nitrogen and oxygen atoms in total. The standard InChI is InChI=1S/C19H20N2O2S/c22-14-4-8-16(9-5-14)24-15-6-1-12(2-7-15)19(23)21-18-11-13-3-10-17(18)20-13/h1-2,4-9,13,17-18,20,22H,3,10-11H2,(H,21,23).